The van der Waals surface area contributed by atoms with E-state index in [1.165, 1.54) is 43.5 Å². The second-order valence-corrected chi connectivity index (χ2v) is 6.35. The first-order valence-electron chi connectivity index (χ1n) is 8.98. The number of methoxy groups -OCH3 is 1. The van der Waals surface area contributed by atoms with E-state index in [4.69, 9.17) is 4.74 Å². The van der Waals surface area contributed by atoms with Gasteiger partial charge < -0.3 is 10.1 Å². The van der Waals surface area contributed by atoms with E-state index in [0.29, 0.717) is 22.8 Å². The van der Waals surface area contributed by atoms with E-state index in [2.05, 4.69) is 15.4 Å². The highest BCUT2D eigenvalue weighted by Gasteiger charge is 2.15. The molecule has 0 spiro atoms. The molecule has 0 aliphatic heterocycles. The number of benzene rings is 3. The number of halogens is 2. The van der Waals surface area contributed by atoms with Crippen molar-refractivity contribution < 1.29 is 18.3 Å². The van der Waals surface area contributed by atoms with Gasteiger partial charge in [0.15, 0.2) is 5.82 Å². The fraction of sp³-hybridized carbons (Fsp3) is 0.0455. The predicted octanol–water partition coefficient (Wildman–Crippen LogP) is 4.47. The molecule has 4 aromatic rings. The number of hydrogen-bond acceptors (Lipinski definition) is 4. The summed E-state index contributed by atoms with van der Waals surface area (Å²) in [6.45, 7) is 0. The molecule has 1 aromatic heterocycles. The van der Waals surface area contributed by atoms with Gasteiger partial charge in [-0.15, -0.1) is 5.10 Å². The molecular weight excluding hydrogens is 390 g/mol. The average Bonchev–Trinajstić information content (AvgIpc) is 3.19. The molecule has 0 atom stereocenters. The number of carbonyl (C=O) groups excluding carboxylic acids is 1. The van der Waals surface area contributed by atoms with Crippen LogP contribution in [0.4, 0.5) is 14.5 Å². The number of amides is 1. The molecule has 0 aliphatic rings. The molecule has 0 bridgehead atoms. The summed E-state index contributed by atoms with van der Waals surface area (Å²) in [5.74, 6) is -0.776. The molecule has 0 saturated heterocycles. The zero-order chi connectivity index (χ0) is 21.1. The second kappa shape index (κ2) is 8.12. The van der Waals surface area contributed by atoms with Crippen molar-refractivity contribution in [2.45, 2.75) is 0 Å². The van der Waals surface area contributed by atoms with E-state index in [0.717, 1.165) is 0 Å². The second-order valence-electron chi connectivity index (χ2n) is 6.35. The monoisotopic (exact) mass is 406 g/mol. The van der Waals surface area contributed by atoms with E-state index in [-0.39, 0.29) is 17.4 Å². The summed E-state index contributed by atoms with van der Waals surface area (Å²) in [6.07, 6.45) is 0. The average molecular weight is 406 g/mol. The summed E-state index contributed by atoms with van der Waals surface area (Å²) >= 11 is 0. The van der Waals surface area contributed by atoms with Crippen LogP contribution in [0.5, 0.6) is 6.01 Å². The van der Waals surface area contributed by atoms with Gasteiger partial charge >= 0.3 is 6.01 Å². The Balaban J connectivity index is 1.60. The Labute approximate surface area is 170 Å². The number of nitrogens with one attached hydrogen (secondary N) is 1. The third-order valence-electron chi connectivity index (χ3n) is 4.33. The van der Waals surface area contributed by atoms with Crippen molar-refractivity contribution >= 4 is 11.6 Å². The molecule has 0 unspecified atom stereocenters. The van der Waals surface area contributed by atoms with Crippen molar-refractivity contribution in [2.24, 2.45) is 0 Å². The molecule has 0 aliphatic carbocycles. The van der Waals surface area contributed by atoms with Gasteiger partial charge in [0.2, 0.25) is 0 Å². The van der Waals surface area contributed by atoms with Crippen LogP contribution in [0.3, 0.4) is 0 Å². The molecule has 1 heterocycles. The van der Waals surface area contributed by atoms with Crippen molar-refractivity contribution in [3.8, 4) is 23.1 Å². The maximum absolute atomic E-state index is 13.3. The quantitative estimate of drug-likeness (QED) is 0.531. The standard InChI is InChI=1S/C22H16F2N4O2/c1-30-22-26-20(14-5-7-16(23)8-6-14)28(27-22)19-11-9-18(10-12-19)25-21(29)15-3-2-4-17(24)13-15/h2-13H,1H3,(H,25,29). The minimum absolute atomic E-state index is 0.165. The van der Waals surface area contributed by atoms with E-state index in [1.54, 1.807) is 41.1 Å². The lowest BCUT2D eigenvalue weighted by Crippen LogP contribution is -2.12. The minimum Gasteiger partial charge on any atom is -0.466 e. The molecule has 0 radical (unpaired) electrons. The molecule has 8 heteroatoms. The van der Waals surface area contributed by atoms with Crippen LogP contribution in [0.15, 0.2) is 72.8 Å². The Hall–Kier alpha value is -4.07. The maximum atomic E-state index is 13.3. The van der Waals surface area contributed by atoms with Crippen LogP contribution < -0.4 is 10.1 Å². The summed E-state index contributed by atoms with van der Waals surface area (Å²) < 4.78 is 33.3. The fourth-order valence-corrected chi connectivity index (χ4v) is 2.86. The molecule has 4 rings (SSSR count). The summed E-state index contributed by atoms with van der Waals surface area (Å²) in [4.78, 5) is 16.6. The number of rotatable bonds is 5. The smallest absolute Gasteiger partial charge is 0.336 e. The Morgan fingerprint density at radius 2 is 1.70 bits per heavy atom. The lowest BCUT2D eigenvalue weighted by Gasteiger charge is -2.08. The van der Waals surface area contributed by atoms with Crippen molar-refractivity contribution in [1.29, 1.82) is 0 Å². The van der Waals surface area contributed by atoms with Gasteiger partial charge in [0.25, 0.3) is 5.91 Å². The molecule has 3 aromatic carbocycles. The van der Waals surface area contributed by atoms with E-state index in [1.807, 2.05) is 0 Å². The number of nitrogens with zero attached hydrogens (tertiary/aromatic N) is 3. The molecule has 0 fully saturated rings. The highest BCUT2D eigenvalue weighted by molar-refractivity contribution is 6.04. The van der Waals surface area contributed by atoms with Crippen LogP contribution in [0, 0.1) is 11.6 Å². The number of carbonyl (C=O) groups is 1. The number of ether oxygens (including phenoxy) is 1. The van der Waals surface area contributed by atoms with Gasteiger partial charge in [0.05, 0.1) is 12.8 Å². The normalized spacial score (nSPS) is 10.6. The van der Waals surface area contributed by atoms with Crippen molar-refractivity contribution in [2.75, 3.05) is 12.4 Å². The summed E-state index contributed by atoms with van der Waals surface area (Å²) in [5.41, 5.74) is 2.08. The number of hydrogen-bond donors (Lipinski definition) is 1. The first-order valence-corrected chi connectivity index (χ1v) is 8.98. The SMILES string of the molecule is COc1nc(-c2ccc(F)cc2)n(-c2ccc(NC(=O)c3cccc(F)c3)cc2)n1. The largest absolute Gasteiger partial charge is 0.466 e. The summed E-state index contributed by atoms with van der Waals surface area (Å²) in [7, 11) is 1.46. The van der Waals surface area contributed by atoms with E-state index in [9.17, 15) is 13.6 Å². The molecule has 1 N–H and O–H groups in total. The Bertz CT molecular complexity index is 1190. The van der Waals surface area contributed by atoms with E-state index >= 15 is 0 Å². The fourth-order valence-electron chi connectivity index (χ4n) is 2.86. The lowest BCUT2D eigenvalue weighted by atomic mass is 10.2. The van der Waals surface area contributed by atoms with Crippen LogP contribution >= 0.6 is 0 Å². The zero-order valence-corrected chi connectivity index (χ0v) is 15.8. The lowest BCUT2D eigenvalue weighted by molar-refractivity contribution is 0.102. The third-order valence-corrected chi connectivity index (χ3v) is 4.33. The Kier molecular flexibility index (Phi) is 5.21. The Morgan fingerprint density at radius 1 is 0.967 bits per heavy atom. The topological polar surface area (TPSA) is 69.0 Å². The van der Waals surface area contributed by atoms with Crippen LogP contribution in [0.2, 0.25) is 0 Å². The maximum Gasteiger partial charge on any atom is 0.336 e. The van der Waals surface area contributed by atoms with Gasteiger partial charge in [-0.05, 0) is 66.7 Å². The molecule has 30 heavy (non-hydrogen) atoms. The number of aromatic nitrogens is 3. The van der Waals surface area contributed by atoms with Gasteiger partial charge in [-0.1, -0.05) is 6.07 Å². The van der Waals surface area contributed by atoms with E-state index < -0.39 is 11.7 Å². The molecule has 150 valence electrons. The van der Waals surface area contributed by atoms with Crippen LogP contribution in [-0.2, 0) is 0 Å². The van der Waals surface area contributed by atoms with Gasteiger partial charge in [0, 0.05) is 16.8 Å². The van der Waals surface area contributed by atoms with Crippen molar-refractivity contribution in [3.05, 3.63) is 90.0 Å². The third kappa shape index (κ3) is 4.02. The van der Waals surface area contributed by atoms with Crippen molar-refractivity contribution in [1.82, 2.24) is 14.8 Å². The van der Waals surface area contributed by atoms with Crippen molar-refractivity contribution in [3.63, 3.8) is 0 Å². The van der Waals surface area contributed by atoms with Crippen LogP contribution in [0.1, 0.15) is 10.4 Å². The van der Waals surface area contributed by atoms with Gasteiger partial charge in [-0.3, -0.25) is 4.79 Å². The number of anilines is 1. The highest BCUT2D eigenvalue weighted by Crippen LogP contribution is 2.24. The Morgan fingerprint density at radius 3 is 2.37 bits per heavy atom. The first kappa shape index (κ1) is 19.3. The molecule has 6 nitrogen and oxygen atoms in total. The van der Waals surface area contributed by atoms with Gasteiger partial charge in [-0.25, -0.2) is 13.5 Å². The minimum atomic E-state index is -0.480. The van der Waals surface area contributed by atoms with Crippen LogP contribution in [0.25, 0.3) is 17.1 Å². The molecule has 0 saturated carbocycles. The highest BCUT2D eigenvalue weighted by atomic mass is 19.1. The van der Waals surface area contributed by atoms with Gasteiger partial charge in [0.1, 0.15) is 11.6 Å². The zero-order valence-electron chi connectivity index (χ0n) is 15.8. The van der Waals surface area contributed by atoms with Gasteiger partial charge in [-0.2, -0.15) is 4.98 Å². The summed E-state index contributed by atoms with van der Waals surface area (Å²) in [6, 6.07) is 18.3. The summed E-state index contributed by atoms with van der Waals surface area (Å²) in [5, 5.41) is 7.02. The predicted molar refractivity (Wildman–Crippen MR) is 108 cm³/mol. The first-order chi connectivity index (χ1) is 14.5. The van der Waals surface area contributed by atoms with Crippen LogP contribution in [-0.4, -0.2) is 27.8 Å². The molecular formula is C22H16F2N4O2. The molecule has 1 amide bonds.